The van der Waals surface area contributed by atoms with E-state index in [1.165, 1.54) is 0 Å². The van der Waals surface area contributed by atoms with Gasteiger partial charge in [0.25, 0.3) is 0 Å². The number of carbonyl (C=O) groups excluding carboxylic acids is 2. The molecule has 170 valence electrons. The quantitative estimate of drug-likeness (QED) is 0.637. The molecule has 0 radical (unpaired) electrons. The Hall–Kier alpha value is -2.24. The maximum Gasteiger partial charge on any atom is 0.319 e. The molecule has 0 aliphatic heterocycles. The van der Waals surface area contributed by atoms with Crippen molar-refractivity contribution < 1.29 is 9.59 Å². The number of carbonyl (C=O) groups is 2. The van der Waals surface area contributed by atoms with Crippen LogP contribution in [-0.2, 0) is 11.3 Å². The van der Waals surface area contributed by atoms with Gasteiger partial charge in [-0.05, 0) is 63.3 Å². The van der Waals surface area contributed by atoms with E-state index in [4.69, 9.17) is 0 Å². The molecule has 6 nitrogen and oxygen atoms in total. The lowest BCUT2D eigenvalue weighted by Crippen LogP contribution is -2.43. The van der Waals surface area contributed by atoms with Crippen molar-refractivity contribution in [2.24, 2.45) is 5.41 Å². The zero-order valence-corrected chi connectivity index (χ0v) is 20.6. The normalized spacial score (nSPS) is 12.9. The van der Waals surface area contributed by atoms with Gasteiger partial charge in [0.1, 0.15) is 0 Å². The van der Waals surface area contributed by atoms with Gasteiger partial charge in [0.2, 0.25) is 5.91 Å². The average molecular weight is 419 g/mol. The van der Waals surface area contributed by atoms with Crippen LogP contribution in [0, 0.1) is 5.41 Å². The fourth-order valence-electron chi connectivity index (χ4n) is 3.18. The molecule has 0 bridgehead atoms. The Kier molecular flexibility index (Phi) is 8.76. The molecular formula is C24H42N4O2. The average Bonchev–Trinajstić information content (AvgIpc) is 2.55. The van der Waals surface area contributed by atoms with Gasteiger partial charge in [-0.3, -0.25) is 4.79 Å². The molecule has 1 aromatic rings. The number of anilines is 2. The lowest BCUT2D eigenvalue weighted by molar-refractivity contribution is -0.135. The fraction of sp³-hybridized carbons (Fsp3) is 0.667. The molecule has 0 unspecified atom stereocenters. The number of nitrogens with zero attached hydrogens (tertiary/aromatic N) is 2. The SMILES string of the molecule is CC[C@H](C)N(Cc1cc(NC(=O)NC(C)(C)C)ccc1N(C)C)C(=O)CC(C)(C)C. The molecule has 0 saturated carbocycles. The molecule has 0 spiro atoms. The van der Waals surface area contributed by atoms with Gasteiger partial charge in [-0.2, -0.15) is 0 Å². The predicted octanol–water partition coefficient (Wildman–Crippen LogP) is 5.24. The van der Waals surface area contributed by atoms with E-state index in [-0.39, 0.29) is 28.9 Å². The summed E-state index contributed by atoms with van der Waals surface area (Å²) in [7, 11) is 3.98. The highest BCUT2D eigenvalue weighted by molar-refractivity contribution is 5.90. The van der Waals surface area contributed by atoms with Crippen molar-refractivity contribution in [1.29, 1.82) is 0 Å². The van der Waals surface area contributed by atoms with Crippen LogP contribution in [-0.4, -0.2) is 42.5 Å². The Morgan fingerprint density at radius 2 is 1.67 bits per heavy atom. The second-order valence-electron chi connectivity index (χ2n) is 10.6. The summed E-state index contributed by atoms with van der Waals surface area (Å²) in [5.41, 5.74) is 2.37. The van der Waals surface area contributed by atoms with E-state index in [9.17, 15) is 9.59 Å². The Morgan fingerprint density at radius 1 is 1.07 bits per heavy atom. The number of hydrogen-bond donors (Lipinski definition) is 2. The topological polar surface area (TPSA) is 64.7 Å². The lowest BCUT2D eigenvalue weighted by Gasteiger charge is -2.33. The van der Waals surface area contributed by atoms with Crippen molar-refractivity contribution in [1.82, 2.24) is 10.2 Å². The number of nitrogens with one attached hydrogen (secondary N) is 2. The summed E-state index contributed by atoms with van der Waals surface area (Å²) in [6.07, 6.45) is 1.39. The van der Waals surface area contributed by atoms with Crippen LogP contribution in [0.2, 0.25) is 0 Å². The number of urea groups is 1. The van der Waals surface area contributed by atoms with Crippen molar-refractivity contribution in [2.45, 2.75) is 86.4 Å². The molecule has 1 atom stereocenters. The van der Waals surface area contributed by atoms with Gasteiger partial charge in [0.15, 0.2) is 0 Å². The van der Waals surface area contributed by atoms with Crippen LogP contribution < -0.4 is 15.5 Å². The van der Waals surface area contributed by atoms with Crippen molar-refractivity contribution >= 4 is 23.3 Å². The molecule has 0 aliphatic carbocycles. The Balaban J connectivity index is 3.20. The molecule has 3 amide bonds. The van der Waals surface area contributed by atoms with Crippen LogP contribution in [0.4, 0.5) is 16.2 Å². The summed E-state index contributed by atoms with van der Waals surface area (Å²) in [5, 5.41) is 5.83. The van der Waals surface area contributed by atoms with Gasteiger partial charge < -0.3 is 20.4 Å². The largest absolute Gasteiger partial charge is 0.377 e. The Morgan fingerprint density at radius 3 is 2.13 bits per heavy atom. The first-order valence-corrected chi connectivity index (χ1v) is 10.8. The maximum atomic E-state index is 13.1. The monoisotopic (exact) mass is 418 g/mol. The summed E-state index contributed by atoms with van der Waals surface area (Å²) in [4.78, 5) is 29.4. The zero-order valence-electron chi connectivity index (χ0n) is 20.6. The first kappa shape index (κ1) is 25.8. The zero-order chi connectivity index (χ0) is 23.3. The molecule has 2 N–H and O–H groups in total. The van der Waals surface area contributed by atoms with Gasteiger partial charge in [-0.1, -0.05) is 27.7 Å². The first-order chi connectivity index (χ1) is 13.6. The number of amides is 3. The van der Waals surface area contributed by atoms with E-state index in [2.05, 4.69) is 45.3 Å². The number of benzene rings is 1. The summed E-state index contributed by atoms with van der Waals surface area (Å²) in [6.45, 7) is 16.8. The molecule has 1 rings (SSSR count). The minimum Gasteiger partial charge on any atom is -0.377 e. The summed E-state index contributed by atoms with van der Waals surface area (Å²) in [5.74, 6) is 0.158. The molecule has 0 heterocycles. The van der Waals surface area contributed by atoms with E-state index >= 15 is 0 Å². The maximum absolute atomic E-state index is 13.1. The van der Waals surface area contributed by atoms with Gasteiger partial charge in [0.05, 0.1) is 0 Å². The second-order valence-corrected chi connectivity index (χ2v) is 10.6. The second kappa shape index (κ2) is 10.2. The predicted molar refractivity (Wildman–Crippen MR) is 127 cm³/mol. The first-order valence-electron chi connectivity index (χ1n) is 10.8. The lowest BCUT2D eigenvalue weighted by atomic mass is 9.91. The van der Waals surface area contributed by atoms with Crippen LogP contribution in [0.3, 0.4) is 0 Å². The smallest absolute Gasteiger partial charge is 0.319 e. The minimum atomic E-state index is -0.316. The van der Waals surface area contributed by atoms with Crippen LogP contribution in [0.1, 0.15) is 73.8 Å². The van der Waals surface area contributed by atoms with Crippen molar-refractivity contribution in [2.75, 3.05) is 24.3 Å². The summed E-state index contributed by atoms with van der Waals surface area (Å²) in [6, 6.07) is 5.75. The van der Waals surface area contributed by atoms with Gasteiger partial charge in [-0.25, -0.2) is 4.79 Å². The highest BCUT2D eigenvalue weighted by Crippen LogP contribution is 2.28. The molecule has 0 fully saturated rings. The molecule has 0 saturated heterocycles. The van der Waals surface area contributed by atoms with Crippen molar-refractivity contribution in [3.63, 3.8) is 0 Å². The van der Waals surface area contributed by atoms with E-state index in [1.807, 2.05) is 62.9 Å². The Bertz CT molecular complexity index is 730. The Labute approximate surface area is 183 Å². The van der Waals surface area contributed by atoms with Gasteiger partial charge in [0, 0.05) is 50.0 Å². The highest BCUT2D eigenvalue weighted by Gasteiger charge is 2.25. The highest BCUT2D eigenvalue weighted by atomic mass is 16.2. The van der Waals surface area contributed by atoms with E-state index < -0.39 is 0 Å². The van der Waals surface area contributed by atoms with E-state index in [0.29, 0.717) is 18.7 Å². The third kappa shape index (κ3) is 8.64. The molecule has 30 heavy (non-hydrogen) atoms. The summed E-state index contributed by atoms with van der Waals surface area (Å²) >= 11 is 0. The standard InChI is InChI=1S/C24H42N4O2/c1-11-17(2)28(21(29)15-23(3,4)5)16-18-14-19(12-13-20(18)27(9)10)25-22(30)26-24(6,7)8/h12-14,17H,11,15-16H2,1-10H3,(H2,25,26,30)/t17-/m0/s1. The molecular weight excluding hydrogens is 376 g/mol. The number of hydrogen-bond acceptors (Lipinski definition) is 3. The van der Waals surface area contributed by atoms with Crippen LogP contribution in [0.5, 0.6) is 0 Å². The van der Waals surface area contributed by atoms with Crippen molar-refractivity contribution in [3.05, 3.63) is 23.8 Å². The number of rotatable bonds is 7. The van der Waals surface area contributed by atoms with Gasteiger partial charge >= 0.3 is 6.03 Å². The van der Waals surface area contributed by atoms with Crippen LogP contribution in [0.25, 0.3) is 0 Å². The van der Waals surface area contributed by atoms with Crippen LogP contribution in [0.15, 0.2) is 18.2 Å². The van der Waals surface area contributed by atoms with Crippen molar-refractivity contribution in [3.8, 4) is 0 Å². The third-order valence-electron chi connectivity index (χ3n) is 4.77. The molecule has 0 aliphatic rings. The summed E-state index contributed by atoms with van der Waals surface area (Å²) < 4.78 is 0. The molecule has 0 aromatic heterocycles. The molecule has 1 aromatic carbocycles. The fourth-order valence-corrected chi connectivity index (χ4v) is 3.18. The minimum absolute atomic E-state index is 0.0678. The van der Waals surface area contributed by atoms with E-state index in [1.54, 1.807) is 0 Å². The molecule has 6 heteroatoms. The van der Waals surface area contributed by atoms with E-state index in [0.717, 1.165) is 17.7 Å². The van der Waals surface area contributed by atoms with Gasteiger partial charge in [-0.15, -0.1) is 0 Å². The third-order valence-corrected chi connectivity index (χ3v) is 4.77. The van der Waals surface area contributed by atoms with Crippen LogP contribution >= 0.6 is 0 Å².